The van der Waals surface area contributed by atoms with Gasteiger partial charge in [-0.15, -0.1) is 0 Å². The Hall–Kier alpha value is -1.50. The van der Waals surface area contributed by atoms with Gasteiger partial charge in [-0.05, 0) is 40.8 Å². The van der Waals surface area contributed by atoms with Crippen LogP contribution in [0.3, 0.4) is 0 Å². The van der Waals surface area contributed by atoms with E-state index >= 15 is 0 Å². The van der Waals surface area contributed by atoms with E-state index in [-0.39, 0.29) is 0 Å². The zero-order valence-electron chi connectivity index (χ0n) is 9.54. The number of rotatable bonds is 1. The molecule has 0 aliphatic rings. The summed E-state index contributed by atoms with van der Waals surface area (Å²) < 4.78 is 0. The molecule has 0 fully saturated rings. The summed E-state index contributed by atoms with van der Waals surface area (Å²) in [5.74, 6) is 0.512. The number of anilines is 1. The fraction of sp³-hybridized carbons (Fsp3) is 0.286. The molecule has 0 spiro atoms. The molecule has 0 unspecified atom stereocenters. The third-order valence-electron chi connectivity index (χ3n) is 3.01. The first-order valence-corrected chi connectivity index (χ1v) is 5.39. The first-order chi connectivity index (χ1) is 7.11. The lowest BCUT2D eigenvalue weighted by atomic mass is 9.92. The van der Waals surface area contributed by atoms with E-state index < -0.39 is 0 Å². The maximum atomic E-state index is 6.02. The van der Waals surface area contributed by atoms with Gasteiger partial charge < -0.3 is 5.73 Å². The molecule has 15 heavy (non-hydrogen) atoms. The molecule has 0 aliphatic carbocycles. The predicted molar refractivity (Wildman–Crippen MR) is 67.2 cm³/mol. The summed E-state index contributed by atoms with van der Waals surface area (Å²) >= 11 is 0. The molecule has 0 saturated heterocycles. The minimum atomic E-state index is 0.512. The van der Waals surface area contributed by atoms with Crippen LogP contribution in [0.5, 0.6) is 0 Å². The lowest BCUT2D eigenvalue weighted by Crippen LogP contribution is -1.96. The summed E-state index contributed by atoms with van der Waals surface area (Å²) in [7, 11) is 0. The lowest BCUT2D eigenvalue weighted by molar-refractivity contribution is 0.876. The number of fused-ring (bicyclic) bond motifs is 1. The Labute approximate surface area is 90.9 Å². The number of hydrogen-bond donors (Lipinski definition) is 1. The van der Waals surface area contributed by atoms with E-state index in [0.29, 0.717) is 5.92 Å². The minimum absolute atomic E-state index is 0.512. The molecule has 2 aromatic rings. The van der Waals surface area contributed by atoms with Crippen LogP contribution in [0.1, 0.15) is 30.9 Å². The molecule has 0 radical (unpaired) electrons. The van der Waals surface area contributed by atoms with E-state index in [1.54, 1.807) is 0 Å². The van der Waals surface area contributed by atoms with Crippen molar-refractivity contribution in [2.45, 2.75) is 26.7 Å². The summed E-state index contributed by atoms with van der Waals surface area (Å²) in [5, 5.41) is 2.61. The Morgan fingerprint density at radius 1 is 1.07 bits per heavy atom. The predicted octanol–water partition coefficient (Wildman–Crippen LogP) is 3.85. The number of nitrogen functional groups attached to an aromatic ring is 1. The van der Waals surface area contributed by atoms with Crippen LogP contribution in [-0.2, 0) is 0 Å². The highest BCUT2D eigenvalue weighted by molar-refractivity contribution is 5.92. The summed E-state index contributed by atoms with van der Waals surface area (Å²) in [5.41, 5.74) is 9.46. The summed E-state index contributed by atoms with van der Waals surface area (Å²) in [6.07, 6.45) is 0. The molecule has 2 rings (SSSR count). The Bertz CT molecular complexity index is 498. The topological polar surface area (TPSA) is 26.0 Å². The molecule has 2 aromatic carbocycles. The molecule has 0 amide bonds. The van der Waals surface area contributed by atoms with Gasteiger partial charge in [0.25, 0.3) is 0 Å². The Morgan fingerprint density at radius 3 is 2.27 bits per heavy atom. The Balaban J connectivity index is 2.88. The second kappa shape index (κ2) is 3.58. The van der Waals surface area contributed by atoms with Crippen molar-refractivity contribution < 1.29 is 0 Å². The fourth-order valence-electron chi connectivity index (χ4n) is 2.05. The van der Waals surface area contributed by atoms with Gasteiger partial charge in [0, 0.05) is 5.69 Å². The first-order valence-electron chi connectivity index (χ1n) is 5.39. The van der Waals surface area contributed by atoms with Gasteiger partial charge in [0.2, 0.25) is 0 Å². The van der Waals surface area contributed by atoms with E-state index in [0.717, 1.165) is 5.69 Å². The van der Waals surface area contributed by atoms with Crippen molar-refractivity contribution in [1.82, 2.24) is 0 Å². The van der Waals surface area contributed by atoms with Crippen LogP contribution in [0.4, 0.5) is 5.69 Å². The second-order valence-corrected chi connectivity index (χ2v) is 4.38. The number of aryl methyl sites for hydroxylation is 1. The Kier molecular flexibility index (Phi) is 2.39. The van der Waals surface area contributed by atoms with Gasteiger partial charge in [0.1, 0.15) is 0 Å². The molecule has 1 nitrogen and oxygen atoms in total. The van der Waals surface area contributed by atoms with Crippen LogP contribution in [-0.4, -0.2) is 0 Å². The van der Waals surface area contributed by atoms with Crippen molar-refractivity contribution in [3.63, 3.8) is 0 Å². The normalized spacial score (nSPS) is 11.2. The van der Waals surface area contributed by atoms with E-state index in [2.05, 4.69) is 51.1 Å². The molecule has 2 N–H and O–H groups in total. The van der Waals surface area contributed by atoms with Gasteiger partial charge in [0.05, 0.1) is 0 Å². The standard InChI is InChI=1S/C14H17N/c1-9(2)13-8-14(15)10(3)11-6-4-5-7-12(11)13/h4-9H,15H2,1-3H3. The molecule has 78 valence electrons. The number of nitrogens with two attached hydrogens (primary N) is 1. The zero-order chi connectivity index (χ0) is 11.0. The average molecular weight is 199 g/mol. The van der Waals surface area contributed by atoms with E-state index in [4.69, 9.17) is 5.73 Å². The average Bonchev–Trinajstić information content (AvgIpc) is 2.23. The van der Waals surface area contributed by atoms with E-state index in [1.165, 1.54) is 21.9 Å². The largest absolute Gasteiger partial charge is 0.398 e. The SMILES string of the molecule is Cc1c(N)cc(C(C)C)c2ccccc12. The minimum Gasteiger partial charge on any atom is -0.398 e. The summed E-state index contributed by atoms with van der Waals surface area (Å²) in [6.45, 7) is 6.49. The van der Waals surface area contributed by atoms with Crippen molar-refractivity contribution in [2.24, 2.45) is 0 Å². The van der Waals surface area contributed by atoms with Gasteiger partial charge in [0.15, 0.2) is 0 Å². The van der Waals surface area contributed by atoms with Gasteiger partial charge in [-0.25, -0.2) is 0 Å². The molecule has 1 heteroatoms. The van der Waals surface area contributed by atoms with Gasteiger partial charge >= 0.3 is 0 Å². The molecule has 0 aliphatic heterocycles. The zero-order valence-corrected chi connectivity index (χ0v) is 9.54. The van der Waals surface area contributed by atoms with Gasteiger partial charge in [-0.3, -0.25) is 0 Å². The van der Waals surface area contributed by atoms with E-state index in [1.807, 2.05) is 0 Å². The van der Waals surface area contributed by atoms with Crippen molar-refractivity contribution in [1.29, 1.82) is 0 Å². The van der Waals surface area contributed by atoms with Crippen LogP contribution < -0.4 is 5.73 Å². The lowest BCUT2D eigenvalue weighted by Gasteiger charge is -2.14. The molecule has 0 aromatic heterocycles. The molecule has 0 saturated carbocycles. The highest BCUT2D eigenvalue weighted by Gasteiger charge is 2.08. The molecule has 0 bridgehead atoms. The third-order valence-corrected chi connectivity index (χ3v) is 3.01. The summed E-state index contributed by atoms with van der Waals surface area (Å²) in [6, 6.07) is 10.6. The number of hydrogen-bond acceptors (Lipinski definition) is 1. The fourth-order valence-corrected chi connectivity index (χ4v) is 2.05. The Morgan fingerprint density at radius 2 is 1.67 bits per heavy atom. The highest BCUT2D eigenvalue weighted by atomic mass is 14.6. The van der Waals surface area contributed by atoms with Crippen LogP contribution in [0, 0.1) is 6.92 Å². The molecular formula is C14H17N. The van der Waals surface area contributed by atoms with Crippen LogP contribution >= 0.6 is 0 Å². The van der Waals surface area contributed by atoms with Crippen molar-refractivity contribution in [3.05, 3.63) is 41.5 Å². The van der Waals surface area contributed by atoms with Crippen LogP contribution in [0.2, 0.25) is 0 Å². The summed E-state index contributed by atoms with van der Waals surface area (Å²) in [4.78, 5) is 0. The quantitative estimate of drug-likeness (QED) is 0.693. The van der Waals surface area contributed by atoms with Crippen molar-refractivity contribution >= 4 is 16.5 Å². The number of benzene rings is 2. The maximum absolute atomic E-state index is 6.02. The smallest absolute Gasteiger partial charge is 0.0353 e. The van der Waals surface area contributed by atoms with Gasteiger partial charge in [-0.1, -0.05) is 38.1 Å². The monoisotopic (exact) mass is 199 g/mol. The second-order valence-electron chi connectivity index (χ2n) is 4.38. The van der Waals surface area contributed by atoms with Crippen molar-refractivity contribution in [3.8, 4) is 0 Å². The van der Waals surface area contributed by atoms with Crippen LogP contribution in [0.25, 0.3) is 10.8 Å². The first kappa shape index (κ1) is 10.0. The third kappa shape index (κ3) is 1.58. The molecular weight excluding hydrogens is 182 g/mol. The van der Waals surface area contributed by atoms with Gasteiger partial charge in [-0.2, -0.15) is 0 Å². The van der Waals surface area contributed by atoms with Crippen molar-refractivity contribution in [2.75, 3.05) is 5.73 Å². The van der Waals surface area contributed by atoms with E-state index in [9.17, 15) is 0 Å². The molecule has 0 heterocycles. The maximum Gasteiger partial charge on any atom is 0.0353 e. The molecule has 0 atom stereocenters. The highest BCUT2D eigenvalue weighted by Crippen LogP contribution is 2.31. The van der Waals surface area contributed by atoms with Crippen LogP contribution in [0.15, 0.2) is 30.3 Å².